The van der Waals surface area contributed by atoms with E-state index in [1.165, 1.54) is 6.08 Å². The summed E-state index contributed by atoms with van der Waals surface area (Å²) in [6.07, 6.45) is 4.91. The van der Waals surface area contributed by atoms with Gasteiger partial charge in [0.05, 0.1) is 24.1 Å². The third-order valence-electron chi connectivity index (χ3n) is 5.05. The number of amides is 1. The van der Waals surface area contributed by atoms with Crippen LogP contribution in [0.5, 0.6) is 0 Å². The molecule has 4 aromatic rings. The molecule has 0 aliphatic rings. The molecule has 1 N–H and O–H groups in total. The Balaban J connectivity index is 1.49. The van der Waals surface area contributed by atoms with Gasteiger partial charge in [0.25, 0.3) is 0 Å². The summed E-state index contributed by atoms with van der Waals surface area (Å²) in [6.45, 7) is 4.31. The van der Waals surface area contributed by atoms with E-state index in [4.69, 9.17) is 23.2 Å². The maximum Gasteiger partial charge on any atom is 0.249 e. The maximum absolute atomic E-state index is 12.6. The Hall–Kier alpha value is -3.35. The topological polar surface area (TPSA) is 64.7 Å². The molecular formula is C24H21Cl2N5O. The van der Waals surface area contributed by atoms with Crippen LogP contribution in [0.2, 0.25) is 10.0 Å². The zero-order valence-corrected chi connectivity index (χ0v) is 19.1. The fourth-order valence-corrected chi connectivity index (χ4v) is 3.89. The van der Waals surface area contributed by atoms with Crippen molar-refractivity contribution in [2.45, 2.75) is 20.4 Å². The minimum Gasteiger partial charge on any atom is -0.307 e. The van der Waals surface area contributed by atoms with Gasteiger partial charge >= 0.3 is 0 Å². The number of benzene rings is 2. The van der Waals surface area contributed by atoms with Crippen molar-refractivity contribution in [2.24, 2.45) is 0 Å². The molecular weight excluding hydrogens is 445 g/mol. The number of halogens is 2. The molecule has 0 aliphatic heterocycles. The number of nitrogens with one attached hydrogen (secondary N) is 1. The highest BCUT2D eigenvalue weighted by Gasteiger charge is 2.12. The molecule has 0 spiro atoms. The highest BCUT2D eigenvalue weighted by molar-refractivity contribution is 6.35. The summed E-state index contributed by atoms with van der Waals surface area (Å²) in [7, 11) is 0. The van der Waals surface area contributed by atoms with Crippen molar-refractivity contribution in [1.82, 2.24) is 19.6 Å². The van der Waals surface area contributed by atoms with E-state index in [-0.39, 0.29) is 5.91 Å². The Labute approximate surface area is 196 Å². The van der Waals surface area contributed by atoms with Gasteiger partial charge in [0.2, 0.25) is 5.91 Å². The van der Waals surface area contributed by atoms with Crippen LogP contribution in [0.1, 0.15) is 22.5 Å². The van der Waals surface area contributed by atoms with E-state index < -0.39 is 0 Å². The number of nitrogens with zero attached hydrogens (tertiary/aromatic N) is 4. The molecule has 0 radical (unpaired) electrons. The van der Waals surface area contributed by atoms with Crippen LogP contribution in [-0.4, -0.2) is 25.5 Å². The Morgan fingerprint density at radius 2 is 1.88 bits per heavy atom. The van der Waals surface area contributed by atoms with Crippen molar-refractivity contribution in [1.29, 1.82) is 0 Å². The van der Waals surface area contributed by atoms with E-state index in [0.717, 1.165) is 28.2 Å². The van der Waals surface area contributed by atoms with Crippen LogP contribution in [-0.2, 0) is 11.3 Å². The van der Waals surface area contributed by atoms with Crippen molar-refractivity contribution >= 4 is 41.0 Å². The van der Waals surface area contributed by atoms with Gasteiger partial charge in [-0.05, 0) is 49.8 Å². The highest BCUT2D eigenvalue weighted by Crippen LogP contribution is 2.23. The van der Waals surface area contributed by atoms with Crippen LogP contribution in [0.4, 0.5) is 5.82 Å². The fourth-order valence-electron chi connectivity index (χ4n) is 3.42. The first-order chi connectivity index (χ1) is 15.4. The number of aromatic nitrogens is 4. The molecule has 6 nitrogen and oxygen atoms in total. The Bertz CT molecular complexity index is 1290. The van der Waals surface area contributed by atoms with Crippen molar-refractivity contribution in [3.63, 3.8) is 0 Å². The minimum atomic E-state index is -0.264. The number of aryl methyl sites for hydroxylation is 1. The van der Waals surface area contributed by atoms with Crippen LogP contribution >= 0.6 is 23.2 Å². The lowest BCUT2D eigenvalue weighted by Gasteiger charge is -2.09. The third-order valence-corrected chi connectivity index (χ3v) is 5.64. The molecule has 0 saturated heterocycles. The molecule has 0 unspecified atom stereocenters. The van der Waals surface area contributed by atoms with Gasteiger partial charge in [-0.2, -0.15) is 10.2 Å². The molecule has 0 aliphatic carbocycles. The number of carbonyl (C=O) groups is 1. The Kier molecular flexibility index (Phi) is 6.44. The van der Waals surface area contributed by atoms with Gasteiger partial charge in [-0.25, -0.2) is 9.36 Å². The van der Waals surface area contributed by atoms with Crippen LogP contribution in [0, 0.1) is 13.8 Å². The van der Waals surface area contributed by atoms with Crippen LogP contribution in [0.3, 0.4) is 0 Å². The highest BCUT2D eigenvalue weighted by atomic mass is 35.5. The van der Waals surface area contributed by atoms with Crippen LogP contribution < -0.4 is 5.32 Å². The van der Waals surface area contributed by atoms with E-state index >= 15 is 0 Å². The first-order valence-electron chi connectivity index (χ1n) is 9.99. The predicted octanol–water partition coefficient (Wildman–Crippen LogP) is 5.69. The molecule has 8 heteroatoms. The van der Waals surface area contributed by atoms with Crippen molar-refractivity contribution < 1.29 is 4.79 Å². The molecule has 2 heterocycles. The number of rotatable bonds is 6. The Morgan fingerprint density at radius 3 is 2.62 bits per heavy atom. The quantitative estimate of drug-likeness (QED) is 0.371. The van der Waals surface area contributed by atoms with E-state index in [1.54, 1.807) is 35.2 Å². The molecule has 1 amide bonds. The van der Waals surface area contributed by atoms with Gasteiger partial charge in [0.1, 0.15) is 5.82 Å². The van der Waals surface area contributed by atoms with E-state index in [9.17, 15) is 4.79 Å². The molecule has 0 atom stereocenters. The SMILES string of the molecule is Cc1nn(-c2ccccc2)c(C)c1/C=C/C(=O)Nc1ccnn1Cc1ccc(Cl)cc1Cl. The standard InChI is InChI=1S/C24H21Cl2N5O/c1-16-21(17(2)31(29-16)20-6-4-3-5-7-20)10-11-24(32)28-23-12-13-27-30(23)15-18-8-9-19(25)14-22(18)26/h3-14H,15H2,1-2H3,(H,28,32)/b11-10+. The predicted molar refractivity (Wildman–Crippen MR) is 128 cm³/mol. The summed E-state index contributed by atoms with van der Waals surface area (Å²) in [5.74, 6) is 0.305. The molecule has 0 fully saturated rings. The number of hydrogen-bond donors (Lipinski definition) is 1. The monoisotopic (exact) mass is 465 g/mol. The number of carbonyl (C=O) groups excluding carboxylic acids is 1. The van der Waals surface area contributed by atoms with Gasteiger partial charge in [-0.1, -0.05) is 47.5 Å². The van der Waals surface area contributed by atoms with E-state index in [1.807, 2.05) is 54.9 Å². The van der Waals surface area contributed by atoms with Gasteiger partial charge in [-0.15, -0.1) is 0 Å². The molecule has 0 saturated carbocycles. The zero-order valence-electron chi connectivity index (χ0n) is 17.6. The molecule has 162 valence electrons. The lowest BCUT2D eigenvalue weighted by atomic mass is 10.2. The normalized spacial score (nSPS) is 11.2. The number of anilines is 1. The fraction of sp³-hybridized carbons (Fsp3) is 0.125. The Morgan fingerprint density at radius 1 is 1.09 bits per heavy atom. The maximum atomic E-state index is 12.6. The summed E-state index contributed by atoms with van der Waals surface area (Å²) in [4.78, 5) is 12.6. The second-order valence-corrected chi connectivity index (χ2v) is 8.11. The van der Waals surface area contributed by atoms with Gasteiger partial charge in [0, 0.05) is 33.4 Å². The molecule has 4 rings (SSSR count). The van der Waals surface area contributed by atoms with Gasteiger partial charge in [0.15, 0.2) is 0 Å². The largest absolute Gasteiger partial charge is 0.307 e. The number of para-hydroxylation sites is 1. The summed E-state index contributed by atoms with van der Waals surface area (Å²) in [5.41, 5.74) is 4.54. The molecule has 32 heavy (non-hydrogen) atoms. The summed E-state index contributed by atoms with van der Waals surface area (Å²) >= 11 is 12.2. The van der Waals surface area contributed by atoms with E-state index in [0.29, 0.717) is 22.4 Å². The average molecular weight is 466 g/mol. The van der Waals surface area contributed by atoms with Crippen molar-refractivity contribution in [3.8, 4) is 5.69 Å². The smallest absolute Gasteiger partial charge is 0.249 e. The lowest BCUT2D eigenvalue weighted by molar-refractivity contribution is -0.111. The summed E-state index contributed by atoms with van der Waals surface area (Å²) in [6, 6.07) is 16.9. The van der Waals surface area contributed by atoms with Crippen molar-refractivity contribution in [3.05, 3.63) is 99.4 Å². The molecule has 0 bridgehead atoms. The van der Waals surface area contributed by atoms with E-state index in [2.05, 4.69) is 15.5 Å². The minimum absolute atomic E-state index is 0.264. The summed E-state index contributed by atoms with van der Waals surface area (Å²) in [5, 5.41) is 12.9. The van der Waals surface area contributed by atoms with Crippen molar-refractivity contribution in [2.75, 3.05) is 5.32 Å². The summed E-state index contributed by atoms with van der Waals surface area (Å²) < 4.78 is 3.54. The average Bonchev–Trinajstić information content (AvgIpc) is 3.32. The molecule has 2 aromatic carbocycles. The second-order valence-electron chi connectivity index (χ2n) is 7.26. The van der Waals surface area contributed by atoms with Crippen LogP contribution in [0.25, 0.3) is 11.8 Å². The first-order valence-corrected chi connectivity index (χ1v) is 10.7. The van der Waals surface area contributed by atoms with Crippen LogP contribution in [0.15, 0.2) is 66.9 Å². The molecule has 2 aromatic heterocycles. The van der Waals surface area contributed by atoms with Gasteiger partial charge in [-0.3, -0.25) is 4.79 Å². The number of hydrogen-bond acceptors (Lipinski definition) is 3. The zero-order chi connectivity index (χ0) is 22.7. The third kappa shape index (κ3) is 4.77. The first kappa shape index (κ1) is 21.9. The lowest BCUT2D eigenvalue weighted by Crippen LogP contribution is -2.14. The second kappa shape index (κ2) is 9.42. The van der Waals surface area contributed by atoms with Gasteiger partial charge < -0.3 is 5.32 Å².